The molecule has 1 heterocycles. The topological polar surface area (TPSA) is 107 Å². The van der Waals surface area contributed by atoms with Gasteiger partial charge in [0, 0.05) is 7.11 Å². The van der Waals surface area contributed by atoms with Crippen LogP contribution in [0.4, 0.5) is 5.82 Å². The van der Waals surface area contributed by atoms with Crippen LogP contribution < -0.4 is 0 Å². The van der Waals surface area contributed by atoms with E-state index in [0.717, 1.165) is 10.7 Å². The van der Waals surface area contributed by atoms with Gasteiger partial charge in [-0.3, -0.25) is 0 Å². The first-order chi connectivity index (χ1) is 7.06. The summed E-state index contributed by atoms with van der Waals surface area (Å²) in [6.45, 7) is -0.103. The van der Waals surface area contributed by atoms with Crippen molar-refractivity contribution in [3.05, 3.63) is 22.4 Å². The molecular formula is C7H9N3O5. The van der Waals surface area contributed by atoms with Gasteiger partial charge >= 0.3 is 11.8 Å². The van der Waals surface area contributed by atoms with Crippen LogP contribution in [0.25, 0.3) is 0 Å². The Bertz CT molecular complexity index is 374. The third-order valence-corrected chi connectivity index (χ3v) is 1.71. The van der Waals surface area contributed by atoms with Crippen molar-refractivity contribution in [3.8, 4) is 0 Å². The van der Waals surface area contributed by atoms with Crippen LogP contribution in [0.2, 0.25) is 0 Å². The fourth-order valence-corrected chi connectivity index (χ4v) is 1.02. The normalized spacial score (nSPS) is 12.3. The highest BCUT2D eigenvalue weighted by atomic mass is 16.6. The Morgan fingerprint density at radius 1 is 1.87 bits per heavy atom. The van der Waals surface area contributed by atoms with E-state index in [0.29, 0.717) is 0 Å². The largest absolute Gasteiger partial charge is 0.480 e. The minimum Gasteiger partial charge on any atom is -0.480 e. The van der Waals surface area contributed by atoms with Crippen LogP contribution in [-0.4, -0.2) is 39.5 Å². The Kier molecular flexibility index (Phi) is 3.34. The fraction of sp³-hybridized carbons (Fsp3) is 0.429. The Labute approximate surface area is 84.2 Å². The average Bonchev–Trinajstić information content (AvgIpc) is 2.62. The van der Waals surface area contributed by atoms with E-state index < -0.39 is 22.8 Å². The molecule has 0 spiro atoms. The van der Waals surface area contributed by atoms with Gasteiger partial charge in [-0.1, -0.05) is 0 Å². The molecule has 1 N–H and O–H groups in total. The van der Waals surface area contributed by atoms with E-state index in [4.69, 9.17) is 5.11 Å². The summed E-state index contributed by atoms with van der Waals surface area (Å²) in [5, 5.41) is 22.6. The highest BCUT2D eigenvalue weighted by molar-refractivity contribution is 5.71. The summed E-state index contributed by atoms with van der Waals surface area (Å²) in [6, 6.07) is 0.0784. The van der Waals surface area contributed by atoms with Crippen molar-refractivity contribution in [1.29, 1.82) is 0 Å². The lowest BCUT2D eigenvalue weighted by molar-refractivity contribution is -0.389. The van der Waals surface area contributed by atoms with Gasteiger partial charge in [-0.25, -0.2) is 4.79 Å². The van der Waals surface area contributed by atoms with Crippen LogP contribution in [-0.2, 0) is 9.53 Å². The molecule has 0 fully saturated rings. The van der Waals surface area contributed by atoms with Gasteiger partial charge in [-0.05, 0) is 4.92 Å². The molecule has 1 aromatic heterocycles. The van der Waals surface area contributed by atoms with E-state index in [9.17, 15) is 14.9 Å². The van der Waals surface area contributed by atoms with Crippen molar-refractivity contribution < 1.29 is 19.6 Å². The number of carbonyl (C=O) groups is 1. The quantitative estimate of drug-likeness (QED) is 0.549. The standard InChI is InChI=1S/C7H9N3O5/c1-15-4-5(7(11)12)9-3-2-6(8-9)10(13)14/h2-3,5H,4H2,1H3,(H,11,12). The number of rotatable bonds is 5. The van der Waals surface area contributed by atoms with E-state index in [1.807, 2.05) is 0 Å². The van der Waals surface area contributed by atoms with E-state index in [2.05, 4.69) is 9.84 Å². The summed E-state index contributed by atoms with van der Waals surface area (Å²) in [7, 11) is 1.34. The number of ether oxygens (including phenoxy) is 1. The second-order valence-electron chi connectivity index (χ2n) is 2.72. The van der Waals surface area contributed by atoms with Crippen LogP contribution in [0.1, 0.15) is 6.04 Å². The fourth-order valence-electron chi connectivity index (χ4n) is 1.02. The summed E-state index contributed by atoms with van der Waals surface area (Å²) >= 11 is 0. The van der Waals surface area contributed by atoms with Crippen molar-refractivity contribution in [2.45, 2.75) is 6.04 Å². The van der Waals surface area contributed by atoms with Crippen LogP contribution in [0.5, 0.6) is 0 Å². The van der Waals surface area contributed by atoms with E-state index in [-0.39, 0.29) is 6.61 Å². The molecule has 1 atom stereocenters. The van der Waals surface area contributed by atoms with Gasteiger partial charge in [0.15, 0.2) is 6.04 Å². The van der Waals surface area contributed by atoms with Crippen molar-refractivity contribution >= 4 is 11.8 Å². The van der Waals surface area contributed by atoms with Crippen molar-refractivity contribution in [2.24, 2.45) is 0 Å². The van der Waals surface area contributed by atoms with Gasteiger partial charge in [0.05, 0.1) is 24.0 Å². The van der Waals surface area contributed by atoms with Gasteiger partial charge in [0.1, 0.15) is 0 Å². The van der Waals surface area contributed by atoms with Gasteiger partial charge < -0.3 is 20.0 Å². The molecule has 15 heavy (non-hydrogen) atoms. The zero-order valence-electron chi connectivity index (χ0n) is 7.86. The molecule has 0 aliphatic carbocycles. The molecule has 0 amide bonds. The first-order valence-electron chi connectivity index (χ1n) is 3.97. The minimum atomic E-state index is -1.16. The van der Waals surface area contributed by atoms with Crippen LogP contribution in [0.3, 0.4) is 0 Å². The van der Waals surface area contributed by atoms with Crippen LogP contribution in [0.15, 0.2) is 12.3 Å². The SMILES string of the molecule is COCC(C(=O)O)n1ccc([N+](=O)[O-])n1. The maximum Gasteiger partial charge on any atom is 0.389 e. The predicted molar refractivity (Wildman–Crippen MR) is 47.4 cm³/mol. The number of hydrogen-bond acceptors (Lipinski definition) is 5. The Balaban J connectivity index is 2.91. The van der Waals surface area contributed by atoms with E-state index in [1.165, 1.54) is 13.3 Å². The van der Waals surface area contributed by atoms with Gasteiger partial charge in [0.25, 0.3) is 0 Å². The van der Waals surface area contributed by atoms with Gasteiger partial charge in [-0.15, -0.1) is 0 Å². The molecule has 1 unspecified atom stereocenters. The van der Waals surface area contributed by atoms with Crippen LogP contribution >= 0.6 is 0 Å². The Morgan fingerprint density at radius 2 is 2.53 bits per heavy atom. The number of nitro groups is 1. The molecule has 0 bridgehead atoms. The highest BCUT2D eigenvalue weighted by Crippen LogP contribution is 2.11. The van der Waals surface area contributed by atoms with E-state index in [1.54, 1.807) is 0 Å². The van der Waals surface area contributed by atoms with Gasteiger partial charge in [0.2, 0.25) is 0 Å². The Hall–Kier alpha value is -1.96. The third kappa shape index (κ3) is 2.50. The first kappa shape index (κ1) is 11.1. The summed E-state index contributed by atoms with van der Waals surface area (Å²) in [4.78, 5) is 20.4. The number of aromatic nitrogens is 2. The van der Waals surface area contributed by atoms with E-state index >= 15 is 0 Å². The number of carboxylic acid groups (broad SMARTS) is 1. The number of hydrogen-bond donors (Lipinski definition) is 1. The molecule has 0 radical (unpaired) electrons. The number of nitrogens with zero attached hydrogens (tertiary/aromatic N) is 3. The Morgan fingerprint density at radius 3 is 2.93 bits per heavy atom. The van der Waals surface area contributed by atoms with Crippen molar-refractivity contribution in [3.63, 3.8) is 0 Å². The third-order valence-electron chi connectivity index (χ3n) is 1.71. The molecule has 8 heteroatoms. The lowest BCUT2D eigenvalue weighted by atomic mass is 10.3. The summed E-state index contributed by atoms with van der Waals surface area (Å²) in [6.07, 6.45) is 1.23. The molecule has 8 nitrogen and oxygen atoms in total. The lowest BCUT2D eigenvalue weighted by Crippen LogP contribution is -2.24. The molecule has 0 aliphatic rings. The average molecular weight is 215 g/mol. The number of carboxylic acids is 1. The lowest BCUT2D eigenvalue weighted by Gasteiger charge is -2.07. The molecule has 0 aliphatic heterocycles. The zero-order chi connectivity index (χ0) is 11.4. The number of aliphatic carboxylic acids is 1. The molecule has 0 saturated carbocycles. The predicted octanol–water partition coefficient (Wildman–Crippen LogP) is 0.0634. The second-order valence-corrected chi connectivity index (χ2v) is 2.72. The molecule has 82 valence electrons. The summed E-state index contributed by atoms with van der Waals surface area (Å²) < 4.78 is 5.67. The van der Waals surface area contributed by atoms with Crippen LogP contribution in [0, 0.1) is 10.1 Å². The monoisotopic (exact) mass is 215 g/mol. The van der Waals surface area contributed by atoms with Crippen molar-refractivity contribution in [1.82, 2.24) is 9.78 Å². The zero-order valence-corrected chi connectivity index (χ0v) is 7.86. The molecule has 1 aromatic rings. The molecule has 0 aromatic carbocycles. The summed E-state index contributed by atoms with van der Waals surface area (Å²) in [5.41, 5.74) is 0. The molecule has 1 rings (SSSR count). The smallest absolute Gasteiger partial charge is 0.389 e. The number of methoxy groups -OCH3 is 1. The molecule has 0 saturated heterocycles. The highest BCUT2D eigenvalue weighted by Gasteiger charge is 2.25. The first-order valence-corrected chi connectivity index (χ1v) is 3.97. The molecular weight excluding hydrogens is 206 g/mol. The maximum absolute atomic E-state index is 10.8. The van der Waals surface area contributed by atoms with Gasteiger partial charge in [-0.2, -0.15) is 4.68 Å². The summed E-state index contributed by atoms with van der Waals surface area (Å²) in [5.74, 6) is -1.55. The van der Waals surface area contributed by atoms with Crippen molar-refractivity contribution in [2.75, 3.05) is 13.7 Å². The maximum atomic E-state index is 10.8. The minimum absolute atomic E-state index is 0.103. The second kappa shape index (κ2) is 4.51.